The van der Waals surface area contributed by atoms with Gasteiger partial charge in [0, 0.05) is 36.7 Å². The second-order valence-corrected chi connectivity index (χ2v) is 12.6. The van der Waals surface area contributed by atoms with Gasteiger partial charge in [0.05, 0.1) is 30.2 Å². The van der Waals surface area contributed by atoms with Gasteiger partial charge in [0.15, 0.2) is 11.6 Å². The number of rotatable bonds is 11. The van der Waals surface area contributed by atoms with Gasteiger partial charge in [-0.2, -0.15) is 0 Å². The van der Waals surface area contributed by atoms with Gasteiger partial charge in [0.1, 0.15) is 10.4 Å². The summed E-state index contributed by atoms with van der Waals surface area (Å²) in [6, 6.07) is 10.4. The van der Waals surface area contributed by atoms with Crippen LogP contribution < -0.4 is 10.6 Å². The molecule has 3 heterocycles. The van der Waals surface area contributed by atoms with Gasteiger partial charge in [-0.1, -0.05) is 30.0 Å². The molecule has 9 nitrogen and oxygen atoms in total. The second kappa shape index (κ2) is 14.5. The van der Waals surface area contributed by atoms with E-state index < -0.39 is 29.6 Å². The summed E-state index contributed by atoms with van der Waals surface area (Å²) in [5.41, 5.74) is 1.71. The van der Waals surface area contributed by atoms with Crippen LogP contribution in [0.3, 0.4) is 0 Å². The standard InChI is InChI=1S/C30H28F2N4O5S3/c31-23-6-3-19(14-24(23)32)20-13-22(43-17-20)15-26-28(38)36(30(42)44-26)16-25(33-7-8-35-9-11-41-12-10-35)27(37)34-21-4-1-18(2-5-21)29(39)40/h1-6,13-15,17,25,33H,7-12,16H2,(H,34,37)(H,39,40)/t25-/m0/s1. The number of anilines is 1. The third-order valence-electron chi connectivity index (χ3n) is 7.02. The Hall–Kier alpha value is -3.53. The molecule has 3 N–H and O–H groups in total. The lowest BCUT2D eigenvalue weighted by molar-refractivity contribution is -0.123. The van der Waals surface area contributed by atoms with Gasteiger partial charge in [0.2, 0.25) is 5.91 Å². The van der Waals surface area contributed by atoms with E-state index in [2.05, 4.69) is 15.5 Å². The van der Waals surface area contributed by atoms with Crippen molar-refractivity contribution in [2.24, 2.45) is 0 Å². The lowest BCUT2D eigenvalue weighted by Crippen LogP contribution is -2.51. The molecule has 1 atom stereocenters. The average molecular weight is 659 g/mol. The highest BCUT2D eigenvalue weighted by Gasteiger charge is 2.35. The number of carbonyl (C=O) groups is 3. The number of benzene rings is 2. The number of thioether (sulfide) groups is 1. The third-order valence-corrected chi connectivity index (χ3v) is 9.28. The third kappa shape index (κ3) is 7.94. The molecule has 0 unspecified atom stereocenters. The van der Waals surface area contributed by atoms with Crippen LogP contribution in [0.5, 0.6) is 0 Å². The van der Waals surface area contributed by atoms with Crippen LogP contribution in [-0.2, 0) is 14.3 Å². The van der Waals surface area contributed by atoms with E-state index in [-0.39, 0.29) is 18.0 Å². The van der Waals surface area contributed by atoms with Crippen molar-refractivity contribution in [3.05, 3.63) is 80.9 Å². The Morgan fingerprint density at radius 2 is 1.82 bits per heavy atom. The van der Waals surface area contributed by atoms with Crippen LogP contribution in [0.2, 0.25) is 0 Å². The van der Waals surface area contributed by atoms with Crippen LogP contribution in [0, 0.1) is 11.6 Å². The highest BCUT2D eigenvalue weighted by Crippen LogP contribution is 2.35. The topological polar surface area (TPSA) is 111 Å². The zero-order valence-corrected chi connectivity index (χ0v) is 25.7. The molecule has 0 saturated carbocycles. The minimum absolute atomic E-state index is 0.0191. The van der Waals surface area contributed by atoms with Crippen molar-refractivity contribution < 1.29 is 33.0 Å². The molecule has 0 spiro atoms. The number of carbonyl (C=O) groups excluding carboxylic acids is 2. The quantitative estimate of drug-likeness (QED) is 0.202. The summed E-state index contributed by atoms with van der Waals surface area (Å²) in [7, 11) is 0. The van der Waals surface area contributed by atoms with Gasteiger partial charge in [-0.25, -0.2) is 13.6 Å². The molecule has 2 saturated heterocycles. The van der Waals surface area contributed by atoms with Crippen LogP contribution in [0.4, 0.5) is 14.5 Å². The molecule has 2 amide bonds. The molecule has 0 bridgehead atoms. The molecule has 0 radical (unpaired) electrons. The SMILES string of the molecule is O=C(O)c1ccc(NC(=O)[C@H](CN2C(=O)C(=Cc3cc(-c4ccc(F)c(F)c4)cs3)SC2=S)NCCN2CCOCC2)cc1. The van der Waals surface area contributed by atoms with Crippen LogP contribution in [-0.4, -0.2) is 89.0 Å². The number of aromatic carboxylic acids is 1. The Kier molecular flexibility index (Phi) is 10.5. The number of amides is 2. The number of carboxylic acids is 1. The molecule has 0 aliphatic carbocycles. The number of carboxylic acid groups (broad SMARTS) is 1. The fourth-order valence-electron chi connectivity index (χ4n) is 4.61. The number of morpholine rings is 1. The molecule has 230 valence electrons. The van der Waals surface area contributed by atoms with Gasteiger partial charge in [-0.3, -0.25) is 19.4 Å². The molecule has 14 heteroatoms. The van der Waals surface area contributed by atoms with E-state index in [1.165, 1.54) is 46.6 Å². The summed E-state index contributed by atoms with van der Waals surface area (Å²) < 4.78 is 32.8. The van der Waals surface area contributed by atoms with Gasteiger partial charge in [-0.05, 0) is 65.0 Å². The van der Waals surface area contributed by atoms with Gasteiger partial charge >= 0.3 is 5.97 Å². The van der Waals surface area contributed by atoms with Crippen molar-refractivity contribution in [2.45, 2.75) is 6.04 Å². The first kappa shape index (κ1) is 31.9. The summed E-state index contributed by atoms with van der Waals surface area (Å²) in [5, 5.41) is 17.0. The fraction of sp³-hybridized carbons (Fsp3) is 0.267. The van der Waals surface area contributed by atoms with Crippen molar-refractivity contribution >= 4 is 69.2 Å². The minimum Gasteiger partial charge on any atom is -0.478 e. The van der Waals surface area contributed by atoms with Crippen LogP contribution in [0.15, 0.2) is 58.8 Å². The summed E-state index contributed by atoms with van der Waals surface area (Å²) in [4.78, 5) is 42.7. The monoisotopic (exact) mass is 658 g/mol. The molecular formula is C30H28F2N4O5S3. The highest BCUT2D eigenvalue weighted by atomic mass is 32.2. The molecule has 44 heavy (non-hydrogen) atoms. The number of halogens is 2. The molecule has 2 aromatic carbocycles. The van der Waals surface area contributed by atoms with E-state index in [0.717, 1.165) is 41.9 Å². The number of thiophene rings is 1. The predicted molar refractivity (Wildman–Crippen MR) is 171 cm³/mol. The van der Waals surface area contributed by atoms with Crippen LogP contribution in [0.25, 0.3) is 17.2 Å². The molecule has 2 aliphatic heterocycles. The maximum Gasteiger partial charge on any atom is 0.335 e. The summed E-state index contributed by atoms with van der Waals surface area (Å²) in [6.07, 6.45) is 1.69. The van der Waals surface area contributed by atoms with E-state index in [9.17, 15) is 23.2 Å². The van der Waals surface area contributed by atoms with Crippen molar-refractivity contribution in [1.29, 1.82) is 0 Å². The predicted octanol–water partition coefficient (Wildman–Crippen LogP) is 4.52. The molecule has 2 aliphatic rings. The Bertz CT molecular complexity index is 1590. The Morgan fingerprint density at radius 1 is 1.07 bits per heavy atom. The van der Waals surface area contributed by atoms with Gasteiger partial charge in [-0.15, -0.1) is 11.3 Å². The molecule has 1 aromatic heterocycles. The lowest BCUT2D eigenvalue weighted by Gasteiger charge is -2.28. The summed E-state index contributed by atoms with van der Waals surface area (Å²) in [6.45, 7) is 4.00. The van der Waals surface area contributed by atoms with E-state index >= 15 is 0 Å². The zero-order valence-electron chi connectivity index (χ0n) is 23.3. The second-order valence-electron chi connectivity index (χ2n) is 9.99. The number of nitrogens with one attached hydrogen (secondary N) is 2. The van der Waals surface area contributed by atoms with Crippen LogP contribution >= 0.6 is 35.3 Å². The largest absolute Gasteiger partial charge is 0.478 e. The Morgan fingerprint density at radius 3 is 2.52 bits per heavy atom. The summed E-state index contributed by atoms with van der Waals surface area (Å²) in [5.74, 6) is -3.68. The molecule has 2 fully saturated rings. The first-order chi connectivity index (χ1) is 21.2. The van der Waals surface area contributed by atoms with Crippen molar-refractivity contribution in [3.63, 3.8) is 0 Å². The molecular weight excluding hydrogens is 631 g/mol. The maximum atomic E-state index is 13.7. The Labute approximate surface area is 265 Å². The van der Waals surface area contributed by atoms with E-state index in [1.54, 1.807) is 17.5 Å². The normalized spacial score (nSPS) is 17.3. The van der Waals surface area contributed by atoms with E-state index in [4.69, 9.17) is 22.1 Å². The van der Waals surface area contributed by atoms with E-state index in [0.29, 0.717) is 52.3 Å². The first-order valence-corrected chi connectivity index (χ1v) is 15.8. The van der Waals surface area contributed by atoms with Crippen molar-refractivity contribution in [1.82, 2.24) is 15.1 Å². The van der Waals surface area contributed by atoms with Crippen LogP contribution in [0.1, 0.15) is 15.2 Å². The summed E-state index contributed by atoms with van der Waals surface area (Å²) >= 11 is 7.99. The zero-order chi connectivity index (χ0) is 31.2. The number of ether oxygens (including phenoxy) is 1. The number of hydrogen-bond donors (Lipinski definition) is 3. The van der Waals surface area contributed by atoms with Crippen molar-refractivity contribution in [3.8, 4) is 11.1 Å². The van der Waals surface area contributed by atoms with Crippen molar-refractivity contribution in [2.75, 3.05) is 51.3 Å². The number of hydrogen-bond acceptors (Lipinski definition) is 9. The molecule has 5 rings (SSSR count). The van der Waals surface area contributed by atoms with Gasteiger partial charge < -0.3 is 20.5 Å². The highest BCUT2D eigenvalue weighted by molar-refractivity contribution is 8.26. The maximum absolute atomic E-state index is 13.7. The Balaban J connectivity index is 1.28. The smallest absolute Gasteiger partial charge is 0.335 e. The molecule has 3 aromatic rings. The fourth-order valence-corrected chi connectivity index (χ4v) is 6.80. The lowest BCUT2D eigenvalue weighted by atomic mass is 10.1. The number of nitrogens with zero attached hydrogens (tertiary/aromatic N) is 2. The van der Waals surface area contributed by atoms with Gasteiger partial charge in [0.25, 0.3) is 5.91 Å². The first-order valence-electron chi connectivity index (χ1n) is 13.6. The minimum atomic E-state index is -1.07. The number of thiocarbonyl (C=S) groups is 1. The average Bonchev–Trinajstić information content (AvgIpc) is 3.58. The van der Waals surface area contributed by atoms with E-state index in [1.807, 2.05) is 0 Å².